The van der Waals surface area contributed by atoms with Crippen molar-refractivity contribution in [3.8, 4) is 22.6 Å². The number of fused-ring (bicyclic) bond motifs is 1. The van der Waals surface area contributed by atoms with Crippen molar-refractivity contribution in [2.75, 3.05) is 33.2 Å². The minimum atomic E-state index is -0.359. The summed E-state index contributed by atoms with van der Waals surface area (Å²) in [6.45, 7) is 0.747. The SMILES string of the molecule is CNc1cnccc1C(=O)OC.COc1ccc(F)cc1-c1ccc2c(c1)OCCC2. The lowest BCUT2D eigenvalue weighted by molar-refractivity contribution is 0.0601. The second-order valence-corrected chi connectivity index (χ2v) is 6.78. The number of carbonyl (C=O) groups is 1. The maximum atomic E-state index is 13.4. The van der Waals surface area contributed by atoms with Crippen LogP contribution >= 0.6 is 0 Å². The van der Waals surface area contributed by atoms with Gasteiger partial charge in [0.1, 0.15) is 17.3 Å². The van der Waals surface area contributed by atoms with Crippen LogP contribution in [0.1, 0.15) is 22.3 Å². The van der Waals surface area contributed by atoms with Crippen LogP contribution in [0, 0.1) is 5.82 Å². The van der Waals surface area contributed by atoms with Gasteiger partial charge in [-0.3, -0.25) is 4.98 Å². The van der Waals surface area contributed by atoms with Crippen molar-refractivity contribution in [1.29, 1.82) is 0 Å². The normalized spacial score (nSPS) is 11.9. The van der Waals surface area contributed by atoms with Crippen molar-refractivity contribution >= 4 is 11.7 Å². The molecule has 31 heavy (non-hydrogen) atoms. The molecule has 1 aliphatic heterocycles. The fraction of sp³-hybridized carbons (Fsp3) is 0.250. The third-order valence-electron chi connectivity index (χ3n) is 4.88. The quantitative estimate of drug-likeness (QED) is 0.611. The molecule has 0 aliphatic carbocycles. The molecule has 7 heteroatoms. The van der Waals surface area contributed by atoms with Gasteiger partial charge in [-0.25, -0.2) is 9.18 Å². The number of halogens is 1. The van der Waals surface area contributed by atoms with Gasteiger partial charge in [0.2, 0.25) is 0 Å². The molecule has 2 aromatic carbocycles. The van der Waals surface area contributed by atoms with Crippen molar-refractivity contribution in [1.82, 2.24) is 4.98 Å². The summed E-state index contributed by atoms with van der Waals surface area (Å²) >= 11 is 0. The second-order valence-electron chi connectivity index (χ2n) is 6.78. The van der Waals surface area contributed by atoms with E-state index >= 15 is 0 Å². The average molecular weight is 424 g/mol. The molecule has 0 atom stereocenters. The number of benzene rings is 2. The Morgan fingerprint density at radius 3 is 2.74 bits per heavy atom. The van der Waals surface area contributed by atoms with E-state index in [1.807, 2.05) is 18.2 Å². The monoisotopic (exact) mass is 424 g/mol. The number of hydrogen-bond acceptors (Lipinski definition) is 6. The molecule has 6 nitrogen and oxygen atoms in total. The lowest BCUT2D eigenvalue weighted by Gasteiger charge is -2.18. The molecule has 1 aromatic heterocycles. The van der Waals surface area contributed by atoms with Gasteiger partial charge in [-0.2, -0.15) is 0 Å². The lowest BCUT2D eigenvalue weighted by Crippen LogP contribution is -2.08. The molecule has 1 aliphatic rings. The van der Waals surface area contributed by atoms with Gasteiger partial charge in [-0.05, 0) is 54.3 Å². The number of ether oxygens (including phenoxy) is 3. The van der Waals surface area contributed by atoms with Gasteiger partial charge in [0.25, 0.3) is 0 Å². The highest BCUT2D eigenvalue weighted by atomic mass is 19.1. The number of pyridine rings is 1. The van der Waals surface area contributed by atoms with Crippen LogP contribution in [0.25, 0.3) is 11.1 Å². The molecule has 0 unspecified atom stereocenters. The zero-order valence-corrected chi connectivity index (χ0v) is 17.8. The van der Waals surface area contributed by atoms with Crippen LogP contribution in [-0.4, -0.2) is 38.8 Å². The summed E-state index contributed by atoms with van der Waals surface area (Å²) in [6, 6.07) is 12.1. The van der Waals surface area contributed by atoms with E-state index in [0.717, 1.165) is 36.3 Å². The first-order valence-electron chi connectivity index (χ1n) is 9.87. The number of esters is 1. The Morgan fingerprint density at radius 2 is 2.00 bits per heavy atom. The van der Waals surface area contributed by atoms with Gasteiger partial charge < -0.3 is 19.5 Å². The fourth-order valence-electron chi connectivity index (χ4n) is 3.30. The van der Waals surface area contributed by atoms with Gasteiger partial charge in [-0.1, -0.05) is 12.1 Å². The van der Waals surface area contributed by atoms with Crippen molar-refractivity contribution in [3.63, 3.8) is 0 Å². The molecule has 0 saturated heterocycles. The molecular weight excluding hydrogens is 399 g/mol. The summed E-state index contributed by atoms with van der Waals surface area (Å²) in [7, 11) is 4.66. The van der Waals surface area contributed by atoms with Crippen LogP contribution < -0.4 is 14.8 Å². The van der Waals surface area contributed by atoms with Crippen LogP contribution in [-0.2, 0) is 11.2 Å². The Balaban J connectivity index is 0.000000196. The van der Waals surface area contributed by atoms with Crippen molar-refractivity contribution in [2.24, 2.45) is 0 Å². The molecule has 0 bridgehead atoms. The minimum absolute atomic E-state index is 0.269. The first kappa shape index (κ1) is 22.1. The third kappa shape index (κ3) is 5.31. The Hall–Kier alpha value is -3.61. The maximum absolute atomic E-state index is 13.4. The molecule has 1 N–H and O–H groups in total. The zero-order valence-electron chi connectivity index (χ0n) is 17.8. The van der Waals surface area contributed by atoms with Gasteiger partial charge in [-0.15, -0.1) is 0 Å². The van der Waals surface area contributed by atoms with Crippen molar-refractivity contribution in [2.45, 2.75) is 12.8 Å². The summed E-state index contributed by atoms with van der Waals surface area (Å²) < 4.78 is 28.9. The van der Waals surface area contributed by atoms with E-state index < -0.39 is 0 Å². The van der Waals surface area contributed by atoms with Crippen molar-refractivity contribution in [3.05, 3.63) is 71.8 Å². The Labute approximate surface area is 181 Å². The fourth-order valence-corrected chi connectivity index (χ4v) is 3.30. The summed E-state index contributed by atoms with van der Waals surface area (Å²) in [5.74, 6) is 0.934. The number of nitrogens with zero attached hydrogens (tertiary/aromatic N) is 1. The lowest BCUT2D eigenvalue weighted by atomic mass is 9.99. The Kier molecular flexibility index (Phi) is 7.43. The summed E-state index contributed by atoms with van der Waals surface area (Å²) in [5, 5.41) is 2.85. The van der Waals surface area contributed by atoms with Crippen LogP contribution in [0.15, 0.2) is 54.9 Å². The van der Waals surface area contributed by atoms with E-state index in [-0.39, 0.29) is 11.8 Å². The molecule has 0 radical (unpaired) electrons. The van der Waals surface area contributed by atoms with E-state index in [4.69, 9.17) is 9.47 Å². The predicted octanol–water partition coefficient (Wildman–Crippen LogP) is 4.74. The number of nitrogens with one attached hydrogen (secondary N) is 1. The number of rotatable bonds is 4. The van der Waals surface area contributed by atoms with Crippen LogP contribution in [0.3, 0.4) is 0 Å². The molecule has 0 fully saturated rings. The summed E-state index contributed by atoms with van der Waals surface area (Å²) in [6.07, 6.45) is 5.21. The topological polar surface area (TPSA) is 69.7 Å². The van der Waals surface area contributed by atoms with Crippen LogP contribution in [0.2, 0.25) is 0 Å². The molecule has 162 valence electrons. The van der Waals surface area contributed by atoms with E-state index in [9.17, 15) is 9.18 Å². The highest BCUT2D eigenvalue weighted by molar-refractivity contribution is 5.95. The molecule has 0 saturated carbocycles. The number of methoxy groups -OCH3 is 2. The smallest absolute Gasteiger partial charge is 0.340 e. The number of aromatic nitrogens is 1. The zero-order chi connectivity index (χ0) is 22.2. The number of carbonyl (C=O) groups excluding carboxylic acids is 1. The molecular formula is C24H25FN2O4. The average Bonchev–Trinajstić information content (AvgIpc) is 2.83. The number of anilines is 1. The van der Waals surface area contributed by atoms with Crippen LogP contribution in [0.4, 0.5) is 10.1 Å². The highest BCUT2D eigenvalue weighted by Crippen LogP contribution is 2.35. The van der Waals surface area contributed by atoms with E-state index in [1.54, 1.807) is 38.7 Å². The molecule has 2 heterocycles. The summed E-state index contributed by atoms with van der Waals surface area (Å²) in [5.41, 5.74) is 4.04. The first-order chi connectivity index (χ1) is 15.1. The maximum Gasteiger partial charge on any atom is 0.340 e. The van der Waals surface area contributed by atoms with Crippen LogP contribution in [0.5, 0.6) is 11.5 Å². The minimum Gasteiger partial charge on any atom is -0.496 e. The Bertz CT molecular complexity index is 1060. The predicted molar refractivity (Wildman–Crippen MR) is 117 cm³/mol. The summed E-state index contributed by atoms with van der Waals surface area (Å²) in [4.78, 5) is 15.0. The van der Waals surface area contributed by atoms with E-state index in [0.29, 0.717) is 17.0 Å². The van der Waals surface area contributed by atoms with E-state index in [2.05, 4.69) is 15.0 Å². The standard InChI is InChI=1S/C16H15FO2.C8H10N2O2/c1-18-15-7-6-13(17)10-14(15)12-5-4-11-3-2-8-19-16(11)9-12;1-9-7-5-10-4-3-6(7)8(11)12-2/h4-7,9-10H,2-3,8H2,1H3;3-5,9H,1-2H3. The van der Waals surface area contributed by atoms with Gasteiger partial charge >= 0.3 is 5.97 Å². The number of hydrogen-bond donors (Lipinski definition) is 1. The van der Waals surface area contributed by atoms with Gasteiger partial charge in [0.05, 0.1) is 38.3 Å². The van der Waals surface area contributed by atoms with Gasteiger partial charge in [0.15, 0.2) is 0 Å². The van der Waals surface area contributed by atoms with Crippen molar-refractivity contribution < 1.29 is 23.4 Å². The van der Waals surface area contributed by atoms with Gasteiger partial charge in [0, 0.05) is 18.8 Å². The molecule has 4 rings (SSSR count). The first-order valence-corrected chi connectivity index (χ1v) is 9.87. The largest absolute Gasteiger partial charge is 0.496 e. The highest BCUT2D eigenvalue weighted by Gasteiger charge is 2.14. The molecule has 0 spiro atoms. The molecule has 0 amide bonds. The number of aryl methyl sites for hydroxylation is 1. The van der Waals surface area contributed by atoms with E-state index in [1.165, 1.54) is 24.8 Å². The second kappa shape index (κ2) is 10.4. The molecule has 3 aromatic rings. The third-order valence-corrected chi connectivity index (χ3v) is 4.88. The Morgan fingerprint density at radius 1 is 1.16 bits per heavy atom.